The van der Waals surface area contributed by atoms with Crippen LogP contribution in [0.5, 0.6) is 0 Å². The van der Waals surface area contributed by atoms with Gasteiger partial charge in [-0.3, -0.25) is 9.36 Å². The molecule has 0 spiro atoms. The van der Waals surface area contributed by atoms with Crippen LogP contribution in [0.25, 0.3) is 0 Å². The van der Waals surface area contributed by atoms with Crippen molar-refractivity contribution in [3.63, 3.8) is 0 Å². The van der Waals surface area contributed by atoms with E-state index in [1.54, 1.807) is 0 Å². The summed E-state index contributed by atoms with van der Waals surface area (Å²) in [6.07, 6.45) is 2.16. The second-order valence-electron chi connectivity index (χ2n) is 4.77. The van der Waals surface area contributed by atoms with Crippen LogP contribution in [-0.2, 0) is 19.5 Å². The molecular formula is C14H13ClFN3O. The number of halogens is 2. The third-order valence-electron chi connectivity index (χ3n) is 3.41. The van der Waals surface area contributed by atoms with Crippen LogP contribution in [0, 0.1) is 5.82 Å². The summed E-state index contributed by atoms with van der Waals surface area (Å²) in [6, 6.07) is 4.13. The van der Waals surface area contributed by atoms with Crippen LogP contribution in [0.3, 0.4) is 0 Å². The van der Waals surface area contributed by atoms with Crippen molar-refractivity contribution in [2.45, 2.75) is 19.5 Å². The minimum atomic E-state index is -0.368. The second-order valence-corrected chi connectivity index (χ2v) is 5.17. The summed E-state index contributed by atoms with van der Waals surface area (Å²) < 4.78 is 14.7. The highest BCUT2D eigenvalue weighted by Gasteiger charge is 2.15. The smallest absolute Gasteiger partial charge is 0.257 e. The van der Waals surface area contributed by atoms with Gasteiger partial charge in [-0.2, -0.15) is 0 Å². The highest BCUT2D eigenvalue weighted by molar-refractivity contribution is 6.31. The first kappa shape index (κ1) is 13.3. The SMILES string of the molecule is O=c1c2c(ncn1Cc1cc(F)ccc1Cl)CNCC2. The van der Waals surface area contributed by atoms with Crippen LogP contribution >= 0.6 is 11.6 Å². The van der Waals surface area contributed by atoms with E-state index >= 15 is 0 Å². The van der Waals surface area contributed by atoms with E-state index in [9.17, 15) is 9.18 Å². The zero-order chi connectivity index (χ0) is 14.1. The predicted molar refractivity (Wildman–Crippen MR) is 74.4 cm³/mol. The zero-order valence-electron chi connectivity index (χ0n) is 10.7. The predicted octanol–water partition coefficient (Wildman–Crippen LogP) is 1.73. The summed E-state index contributed by atoms with van der Waals surface area (Å²) in [7, 11) is 0. The van der Waals surface area contributed by atoms with Gasteiger partial charge in [-0.25, -0.2) is 9.37 Å². The molecule has 3 rings (SSSR count). The number of aromatic nitrogens is 2. The molecule has 1 aromatic carbocycles. The van der Waals surface area contributed by atoms with E-state index in [4.69, 9.17) is 11.6 Å². The van der Waals surface area contributed by atoms with Gasteiger partial charge in [0, 0.05) is 17.1 Å². The molecule has 2 heterocycles. The maximum Gasteiger partial charge on any atom is 0.257 e. The first-order valence-corrected chi connectivity index (χ1v) is 6.75. The van der Waals surface area contributed by atoms with E-state index in [0.717, 1.165) is 17.8 Å². The number of benzene rings is 1. The van der Waals surface area contributed by atoms with Crippen LogP contribution in [0.1, 0.15) is 16.8 Å². The van der Waals surface area contributed by atoms with Crippen LogP contribution in [0.4, 0.5) is 4.39 Å². The minimum Gasteiger partial charge on any atom is -0.311 e. The van der Waals surface area contributed by atoms with Gasteiger partial charge in [0.1, 0.15) is 5.82 Å². The highest BCUT2D eigenvalue weighted by Crippen LogP contribution is 2.18. The summed E-state index contributed by atoms with van der Waals surface area (Å²) in [5.41, 5.74) is 2.03. The molecule has 0 aliphatic carbocycles. The molecule has 0 bridgehead atoms. The Balaban J connectivity index is 1.99. The number of hydrogen-bond donors (Lipinski definition) is 1. The van der Waals surface area contributed by atoms with Gasteiger partial charge in [-0.15, -0.1) is 0 Å². The molecule has 0 atom stereocenters. The molecule has 0 saturated carbocycles. The fourth-order valence-corrected chi connectivity index (χ4v) is 2.53. The van der Waals surface area contributed by atoms with Crippen molar-refractivity contribution in [2.75, 3.05) is 6.54 Å². The molecule has 2 aromatic rings. The van der Waals surface area contributed by atoms with Crippen molar-refractivity contribution in [1.29, 1.82) is 0 Å². The molecule has 6 heteroatoms. The Morgan fingerprint density at radius 3 is 3.15 bits per heavy atom. The lowest BCUT2D eigenvalue weighted by atomic mass is 10.1. The van der Waals surface area contributed by atoms with Gasteiger partial charge in [0.15, 0.2) is 0 Å². The molecule has 0 unspecified atom stereocenters. The summed E-state index contributed by atoms with van der Waals surface area (Å²) in [5.74, 6) is -0.368. The average Bonchev–Trinajstić information content (AvgIpc) is 2.46. The van der Waals surface area contributed by atoms with Gasteiger partial charge in [0.25, 0.3) is 5.56 Å². The standard InChI is InChI=1S/C14H13ClFN3O/c15-12-2-1-10(16)5-9(12)7-19-8-18-13-6-17-4-3-11(13)14(19)20/h1-2,5,8,17H,3-4,6-7H2. The average molecular weight is 294 g/mol. The van der Waals surface area contributed by atoms with Crippen LogP contribution < -0.4 is 10.9 Å². The molecule has 0 amide bonds. The second kappa shape index (κ2) is 5.34. The van der Waals surface area contributed by atoms with Crippen LogP contribution in [0.2, 0.25) is 5.02 Å². The summed E-state index contributed by atoms with van der Waals surface area (Å²) >= 11 is 6.03. The molecule has 1 aliphatic rings. The third kappa shape index (κ3) is 2.46. The Labute approximate surface area is 120 Å². The monoisotopic (exact) mass is 293 g/mol. The van der Waals surface area contributed by atoms with Gasteiger partial charge >= 0.3 is 0 Å². The van der Waals surface area contributed by atoms with Crippen molar-refractivity contribution in [2.24, 2.45) is 0 Å². The van der Waals surface area contributed by atoms with E-state index in [1.807, 2.05) is 0 Å². The normalized spacial score (nSPS) is 14.1. The van der Waals surface area contributed by atoms with Crippen molar-refractivity contribution >= 4 is 11.6 Å². The van der Waals surface area contributed by atoms with E-state index in [-0.39, 0.29) is 17.9 Å². The molecule has 0 fully saturated rings. The van der Waals surface area contributed by atoms with E-state index in [1.165, 1.54) is 29.1 Å². The van der Waals surface area contributed by atoms with Crippen molar-refractivity contribution in [3.05, 3.63) is 62.5 Å². The zero-order valence-corrected chi connectivity index (χ0v) is 11.5. The maximum absolute atomic E-state index is 13.3. The van der Waals surface area contributed by atoms with Gasteiger partial charge < -0.3 is 5.32 Å². The van der Waals surface area contributed by atoms with Gasteiger partial charge in [-0.05, 0) is 36.7 Å². The minimum absolute atomic E-state index is 0.0724. The van der Waals surface area contributed by atoms with Gasteiger partial charge in [0.2, 0.25) is 0 Å². The Morgan fingerprint density at radius 1 is 1.45 bits per heavy atom. The summed E-state index contributed by atoms with van der Waals surface area (Å²) in [5, 5.41) is 3.61. The number of rotatable bonds is 2. The van der Waals surface area contributed by atoms with Crippen molar-refractivity contribution < 1.29 is 4.39 Å². The van der Waals surface area contributed by atoms with Crippen molar-refractivity contribution in [1.82, 2.24) is 14.9 Å². The fraction of sp³-hybridized carbons (Fsp3) is 0.286. The largest absolute Gasteiger partial charge is 0.311 e. The first-order chi connectivity index (χ1) is 9.65. The molecule has 4 nitrogen and oxygen atoms in total. The maximum atomic E-state index is 13.3. The fourth-order valence-electron chi connectivity index (χ4n) is 2.35. The van der Waals surface area contributed by atoms with Gasteiger partial charge in [-0.1, -0.05) is 11.6 Å². The highest BCUT2D eigenvalue weighted by atomic mass is 35.5. The lowest BCUT2D eigenvalue weighted by Crippen LogP contribution is -2.34. The Morgan fingerprint density at radius 2 is 2.30 bits per heavy atom. The molecule has 1 N–H and O–H groups in total. The van der Waals surface area contributed by atoms with E-state index in [2.05, 4.69) is 10.3 Å². The topological polar surface area (TPSA) is 46.9 Å². The quantitative estimate of drug-likeness (QED) is 0.917. The Kier molecular flexibility index (Phi) is 3.54. The van der Waals surface area contributed by atoms with Crippen molar-refractivity contribution in [3.8, 4) is 0 Å². The Bertz CT molecular complexity index is 714. The number of hydrogen-bond acceptors (Lipinski definition) is 3. The summed E-state index contributed by atoms with van der Waals surface area (Å²) in [6.45, 7) is 1.62. The molecule has 1 aliphatic heterocycles. The van der Waals surface area contributed by atoms with E-state index in [0.29, 0.717) is 23.6 Å². The molecular weight excluding hydrogens is 281 g/mol. The molecule has 1 aromatic heterocycles. The van der Waals surface area contributed by atoms with E-state index < -0.39 is 0 Å². The Hall–Kier alpha value is -1.72. The van der Waals surface area contributed by atoms with Gasteiger partial charge in [0.05, 0.1) is 18.6 Å². The molecule has 0 saturated heterocycles. The summed E-state index contributed by atoms with van der Waals surface area (Å²) in [4.78, 5) is 16.7. The molecule has 0 radical (unpaired) electrons. The number of nitrogens with zero attached hydrogens (tertiary/aromatic N) is 2. The lowest BCUT2D eigenvalue weighted by Gasteiger charge is -2.17. The molecule has 20 heavy (non-hydrogen) atoms. The lowest BCUT2D eigenvalue weighted by molar-refractivity contribution is 0.593. The number of fused-ring (bicyclic) bond motifs is 1. The third-order valence-corrected chi connectivity index (χ3v) is 3.78. The van der Waals surface area contributed by atoms with Crippen LogP contribution in [0.15, 0.2) is 29.3 Å². The molecule has 104 valence electrons. The van der Waals surface area contributed by atoms with Crippen LogP contribution in [-0.4, -0.2) is 16.1 Å². The first-order valence-electron chi connectivity index (χ1n) is 6.37. The number of nitrogens with one attached hydrogen (secondary N) is 1.